The van der Waals surface area contributed by atoms with Crippen molar-refractivity contribution in [1.29, 1.82) is 0 Å². The van der Waals surface area contributed by atoms with E-state index in [1.807, 2.05) is 24.5 Å². The SMILES string of the molecule is C[C@@H]1CC(NC(=O)CCCn2cccc2)C[C@@H](C)O1. The van der Waals surface area contributed by atoms with Crippen LogP contribution in [0, 0.1) is 0 Å². The van der Waals surface area contributed by atoms with Crippen molar-refractivity contribution in [2.24, 2.45) is 0 Å². The normalized spacial score (nSPS) is 27.2. The molecule has 1 aromatic heterocycles. The zero-order valence-electron chi connectivity index (χ0n) is 11.8. The molecule has 2 heterocycles. The third kappa shape index (κ3) is 4.71. The van der Waals surface area contributed by atoms with Crippen molar-refractivity contribution in [3.05, 3.63) is 24.5 Å². The van der Waals surface area contributed by atoms with Crippen LogP contribution in [0.15, 0.2) is 24.5 Å². The Morgan fingerprint density at radius 2 is 1.89 bits per heavy atom. The third-order valence-corrected chi connectivity index (χ3v) is 3.55. The van der Waals surface area contributed by atoms with Gasteiger partial charge in [0.2, 0.25) is 5.91 Å². The van der Waals surface area contributed by atoms with Gasteiger partial charge in [-0.15, -0.1) is 0 Å². The van der Waals surface area contributed by atoms with E-state index < -0.39 is 0 Å². The minimum Gasteiger partial charge on any atom is -0.375 e. The first kappa shape index (κ1) is 14.1. The van der Waals surface area contributed by atoms with Crippen molar-refractivity contribution in [3.63, 3.8) is 0 Å². The van der Waals surface area contributed by atoms with Gasteiger partial charge < -0.3 is 14.6 Å². The zero-order chi connectivity index (χ0) is 13.7. The Kier molecular flexibility index (Phi) is 5.02. The molecule has 0 spiro atoms. The highest BCUT2D eigenvalue weighted by Crippen LogP contribution is 2.19. The molecular formula is C15H24N2O2. The summed E-state index contributed by atoms with van der Waals surface area (Å²) in [7, 11) is 0. The fourth-order valence-corrected chi connectivity index (χ4v) is 2.76. The predicted octanol–water partition coefficient (Wildman–Crippen LogP) is 2.34. The number of rotatable bonds is 5. The molecule has 2 rings (SSSR count). The summed E-state index contributed by atoms with van der Waals surface area (Å²) in [5.74, 6) is 0.165. The Morgan fingerprint density at radius 1 is 1.26 bits per heavy atom. The van der Waals surface area contributed by atoms with Gasteiger partial charge in [0, 0.05) is 31.4 Å². The Balaban J connectivity index is 1.66. The minimum absolute atomic E-state index is 0.165. The van der Waals surface area contributed by atoms with Crippen LogP contribution >= 0.6 is 0 Å². The lowest BCUT2D eigenvalue weighted by Gasteiger charge is -2.32. The quantitative estimate of drug-likeness (QED) is 0.887. The second-order valence-corrected chi connectivity index (χ2v) is 5.52. The van der Waals surface area contributed by atoms with Crippen LogP contribution in [0.3, 0.4) is 0 Å². The van der Waals surface area contributed by atoms with E-state index in [9.17, 15) is 4.79 Å². The molecule has 2 atom stereocenters. The van der Waals surface area contributed by atoms with Crippen molar-refractivity contribution in [3.8, 4) is 0 Å². The highest BCUT2D eigenvalue weighted by Gasteiger charge is 2.25. The summed E-state index contributed by atoms with van der Waals surface area (Å²) >= 11 is 0. The fraction of sp³-hybridized carbons (Fsp3) is 0.667. The van der Waals surface area contributed by atoms with Gasteiger partial charge in [0.15, 0.2) is 0 Å². The van der Waals surface area contributed by atoms with Crippen LogP contribution in [-0.4, -0.2) is 28.7 Å². The highest BCUT2D eigenvalue weighted by atomic mass is 16.5. The number of hydrogen-bond donors (Lipinski definition) is 1. The van der Waals surface area contributed by atoms with Crippen molar-refractivity contribution >= 4 is 5.91 Å². The molecule has 0 aliphatic carbocycles. The number of carbonyl (C=O) groups is 1. The number of hydrogen-bond acceptors (Lipinski definition) is 2. The van der Waals surface area contributed by atoms with Crippen LogP contribution in [0.4, 0.5) is 0 Å². The summed E-state index contributed by atoms with van der Waals surface area (Å²) < 4.78 is 7.78. The van der Waals surface area contributed by atoms with Gasteiger partial charge in [-0.1, -0.05) is 0 Å². The van der Waals surface area contributed by atoms with Crippen LogP contribution in [-0.2, 0) is 16.1 Å². The Labute approximate surface area is 115 Å². The summed E-state index contributed by atoms with van der Waals surface area (Å²) in [6, 6.07) is 4.29. The molecule has 106 valence electrons. The van der Waals surface area contributed by atoms with Gasteiger partial charge in [-0.2, -0.15) is 0 Å². The van der Waals surface area contributed by atoms with E-state index in [-0.39, 0.29) is 24.2 Å². The van der Waals surface area contributed by atoms with Gasteiger partial charge >= 0.3 is 0 Å². The fourth-order valence-electron chi connectivity index (χ4n) is 2.76. The van der Waals surface area contributed by atoms with Crippen LogP contribution in [0.5, 0.6) is 0 Å². The lowest BCUT2D eigenvalue weighted by molar-refractivity contribution is -0.123. The maximum Gasteiger partial charge on any atom is 0.220 e. The molecular weight excluding hydrogens is 240 g/mol. The van der Waals surface area contributed by atoms with E-state index in [0.29, 0.717) is 6.42 Å². The molecule has 0 aromatic carbocycles. The van der Waals surface area contributed by atoms with E-state index in [2.05, 4.69) is 23.7 Å². The molecule has 1 aliphatic heterocycles. The first-order chi connectivity index (χ1) is 9.13. The van der Waals surface area contributed by atoms with Crippen LogP contribution in [0.25, 0.3) is 0 Å². The molecule has 0 unspecified atom stereocenters. The Morgan fingerprint density at radius 3 is 2.53 bits per heavy atom. The largest absolute Gasteiger partial charge is 0.375 e. The highest BCUT2D eigenvalue weighted by molar-refractivity contribution is 5.76. The lowest BCUT2D eigenvalue weighted by Crippen LogP contribution is -2.43. The third-order valence-electron chi connectivity index (χ3n) is 3.55. The topological polar surface area (TPSA) is 43.3 Å². The summed E-state index contributed by atoms with van der Waals surface area (Å²) in [5, 5.41) is 3.13. The molecule has 4 heteroatoms. The molecule has 1 aliphatic rings. The minimum atomic E-state index is 0.165. The lowest BCUT2D eigenvalue weighted by atomic mass is 9.99. The smallest absolute Gasteiger partial charge is 0.220 e. The van der Waals surface area contributed by atoms with E-state index in [0.717, 1.165) is 25.8 Å². The summed E-state index contributed by atoms with van der Waals surface area (Å²) in [6.07, 6.45) is 7.87. The summed E-state index contributed by atoms with van der Waals surface area (Å²) in [6.45, 7) is 5.04. The molecule has 0 bridgehead atoms. The van der Waals surface area contributed by atoms with E-state index in [1.165, 1.54) is 0 Å². The zero-order valence-corrected chi connectivity index (χ0v) is 11.8. The number of amides is 1. The maximum absolute atomic E-state index is 11.9. The van der Waals surface area contributed by atoms with E-state index >= 15 is 0 Å². The average molecular weight is 264 g/mol. The molecule has 1 aromatic rings. The number of carbonyl (C=O) groups excluding carboxylic acids is 1. The van der Waals surface area contributed by atoms with Gasteiger partial charge in [-0.05, 0) is 45.2 Å². The first-order valence-electron chi connectivity index (χ1n) is 7.19. The number of nitrogens with zero attached hydrogens (tertiary/aromatic N) is 1. The van der Waals surface area contributed by atoms with Gasteiger partial charge in [0.25, 0.3) is 0 Å². The predicted molar refractivity (Wildman–Crippen MR) is 74.8 cm³/mol. The molecule has 1 amide bonds. The monoisotopic (exact) mass is 264 g/mol. The van der Waals surface area contributed by atoms with Crippen molar-refractivity contribution in [1.82, 2.24) is 9.88 Å². The molecule has 0 saturated carbocycles. The molecule has 1 saturated heterocycles. The number of aryl methyl sites for hydroxylation is 1. The van der Waals surface area contributed by atoms with Gasteiger partial charge in [-0.3, -0.25) is 4.79 Å². The Hall–Kier alpha value is -1.29. The molecule has 0 radical (unpaired) electrons. The average Bonchev–Trinajstić information content (AvgIpc) is 2.80. The van der Waals surface area contributed by atoms with E-state index in [1.54, 1.807) is 0 Å². The van der Waals surface area contributed by atoms with Crippen LogP contribution in [0.2, 0.25) is 0 Å². The van der Waals surface area contributed by atoms with Gasteiger partial charge in [0.05, 0.1) is 12.2 Å². The van der Waals surface area contributed by atoms with E-state index in [4.69, 9.17) is 4.74 Å². The van der Waals surface area contributed by atoms with Crippen molar-refractivity contribution in [2.45, 2.75) is 64.3 Å². The Bertz CT molecular complexity index is 379. The van der Waals surface area contributed by atoms with Crippen LogP contribution < -0.4 is 5.32 Å². The maximum atomic E-state index is 11.9. The molecule has 4 nitrogen and oxygen atoms in total. The standard InChI is InChI=1S/C15H24N2O2/c1-12-10-14(11-13(2)19-12)16-15(18)6-5-9-17-7-3-4-8-17/h3-4,7-8,12-14H,5-6,9-11H2,1-2H3,(H,16,18)/t12-,13-/m1/s1. The number of ether oxygens (including phenoxy) is 1. The molecule has 1 N–H and O–H groups in total. The molecule has 1 fully saturated rings. The van der Waals surface area contributed by atoms with Gasteiger partial charge in [-0.25, -0.2) is 0 Å². The summed E-state index contributed by atoms with van der Waals surface area (Å²) in [5.41, 5.74) is 0. The summed E-state index contributed by atoms with van der Waals surface area (Å²) in [4.78, 5) is 11.9. The van der Waals surface area contributed by atoms with Crippen molar-refractivity contribution < 1.29 is 9.53 Å². The second kappa shape index (κ2) is 6.75. The second-order valence-electron chi connectivity index (χ2n) is 5.52. The molecule has 19 heavy (non-hydrogen) atoms. The van der Waals surface area contributed by atoms with Gasteiger partial charge in [0.1, 0.15) is 0 Å². The number of aromatic nitrogens is 1. The first-order valence-corrected chi connectivity index (χ1v) is 7.19. The number of nitrogens with one attached hydrogen (secondary N) is 1. The van der Waals surface area contributed by atoms with Crippen LogP contribution in [0.1, 0.15) is 39.5 Å². The van der Waals surface area contributed by atoms with Crippen molar-refractivity contribution in [2.75, 3.05) is 0 Å².